The molecule has 2 rings (SSSR count). The van der Waals surface area contributed by atoms with Crippen molar-refractivity contribution in [2.24, 2.45) is 0 Å². The van der Waals surface area contributed by atoms with Crippen LogP contribution in [-0.2, 0) is 11.8 Å². The molecule has 24 heavy (non-hydrogen) atoms. The van der Waals surface area contributed by atoms with Crippen LogP contribution in [-0.4, -0.2) is 16.7 Å². The topological polar surface area (TPSA) is 51.0 Å². The maximum atomic E-state index is 13.0. The highest BCUT2D eigenvalue weighted by Gasteiger charge is 2.20. The largest absolute Gasteiger partial charge is 0.385 e. The van der Waals surface area contributed by atoms with E-state index in [0.717, 1.165) is 43.7 Å². The van der Waals surface area contributed by atoms with Gasteiger partial charge in [0.25, 0.3) is 0 Å². The fourth-order valence-electron chi connectivity index (χ4n) is 2.07. The van der Waals surface area contributed by atoms with Crippen LogP contribution in [0.25, 0.3) is 0 Å². The van der Waals surface area contributed by atoms with Gasteiger partial charge in [0.15, 0.2) is 5.82 Å². The van der Waals surface area contributed by atoms with Gasteiger partial charge in [-0.1, -0.05) is 38.4 Å². The predicted molar refractivity (Wildman–Crippen MR) is 96.7 cm³/mol. The molecular weight excluding hydrogens is 305 g/mol. The van der Waals surface area contributed by atoms with E-state index in [9.17, 15) is 4.39 Å². The summed E-state index contributed by atoms with van der Waals surface area (Å²) in [5.41, 5.74) is 0.753. The number of hydrogen-bond acceptors (Lipinski definition) is 4. The van der Waals surface area contributed by atoms with Crippen LogP contribution in [0.5, 0.6) is 0 Å². The summed E-state index contributed by atoms with van der Waals surface area (Å²) >= 11 is 0. The first-order valence-corrected chi connectivity index (χ1v) is 8.27. The Labute approximate surface area is 144 Å². The van der Waals surface area contributed by atoms with Crippen LogP contribution in [0, 0.1) is 5.82 Å². The van der Waals surface area contributed by atoms with E-state index in [1.807, 2.05) is 6.07 Å². The molecule has 2 aromatic rings. The number of nitrogens with one attached hydrogen (secondary N) is 1. The van der Waals surface area contributed by atoms with Crippen molar-refractivity contribution >= 4 is 5.69 Å². The SMILES string of the molecule is C=C.CC(C)(C)c1noc(CCCCCNc2cccc(F)c2)n1. The minimum Gasteiger partial charge on any atom is -0.385 e. The average Bonchev–Trinajstić information content (AvgIpc) is 3.02. The maximum absolute atomic E-state index is 13.0. The Morgan fingerprint density at radius 3 is 2.54 bits per heavy atom. The van der Waals surface area contributed by atoms with Crippen LogP contribution in [0.3, 0.4) is 0 Å². The third-order valence-corrected chi connectivity index (χ3v) is 3.36. The zero-order valence-corrected chi connectivity index (χ0v) is 14.9. The molecular formula is C19H28FN3O. The molecule has 5 heteroatoms. The van der Waals surface area contributed by atoms with Gasteiger partial charge in [0, 0.05) is 24.1 Å². The van der Waals surface area contributed by atoms with E-state index >= 15 is 0 Å². The monoisotopic (exact) mass is 333 g/mol. The molecule has 0 atom stereocenters. The molecule has 0 radical (unpaired) electrons. The first-order valence-electron chi connectivity index (χ1n) is 8.27. The summed E-state index contributed by atoms with van der Waals surface area (Å²) in [7, 11) is 0. The summed E-state index contributed by atoms with van der Waals surface area (Å²) in [6.07, 6.45) is 3.91. The van der Waals surface area contributed by atoms with Gasteiger partial charge in [0.2, 0.25) is 5.89 Å². The fraction of sp³-hybridized carbons (Fsp3) is 0.474. The van der Waals surface area contributed by atoms with E-state index in [-0.39, 0.29) is 11.2 Å². The van der Waals surface area contributed by atoms with E-state index in [1.165, 1.54) is 12.1 Å². The van der Waals surface area contributed by atoms with Gasteiger partial charge in [-0.05, 0) is 31.0 Å². The Balaban J connectivity index is 0.00000139. The Hall–Kier alpha value is -2.17. The molecule has 0 spiro atoms. The van der Waals surface area contributed by atoms with Crippen LogP contribution < -0.4 is 5.32 Å². The van der Waals surface area contributed by atoms with Gasteiger partial charge in [-0.3, -0.25) is 0 Å². The fourth-order valence-corrected chi connectivity index (χ4v) is 2.07. The maximum Gasteiger partial charge on any atom is 0.226 e. The molecule has 1 heterocycles. The highest BCUT2D eigenvalue weighted by molar-refractivity contribution is 5.42. The van der Waals surface area contributed by atoms with Crippen LogP contribution in [0.2, 0.25) is 0 Å². The molecule has 0 unspecified atom stereocenters. The Bertz CT molecular complexity index is 605. The van der Waals surface area contributed by atoms with Crippen LogP contribution in [0.1, 0.15) is 51.7 Å². The summed E-state index contributed by atoms with van der Waals surface area (Å²) in [6.45, 7) is 13.0. The summed E-state index contributed by atoms with van der Waals surface area (Å²) in [5.74, 6) is 1.26. The summed E-state index contributed by atoms with van der Waals surface area (Å²) in [5, 5.41) is 7.23. The van der Waals surface area contributed by atoms with E-state index < -0.39 is 0 Å². The number of aryl methyl sites for hydroxylation is 1. The zero-order valence-electron chi connectivity index (χ0n) is 14.9. The van der Waals surface area contributed by atoms with Gasteiger partial charge in [0.1, 0.15) is 5.82 Å². The van der Waals surface area contributed by atoms with Crippen molar-refractivity contribution in [3.63, 3.8) is 0 Å². The first-order chi connectivity index (χ1) is 11.4. The lowest BCUT2D eigenvalue weighted by atomic mass is 9.96. The Morgan fingerprint density at radius 1 is 1.17 bits per heavy atom. The smallest absolute Gasteiger partial charge is 0.226 e. The number of unbranched alkanes of at least 4 members (excludes halogenated alkanes) is 2. The molecule has 132 valence electrons. The van der Waals surface area contributed by atoms with Crippen molar-refractivity contribution in [1.82, 2.24) is 10.1 Å². The second-order valence-corrected chi connectivity index (χ2v) is 6.51. The van der Waals surface area contributed by atoms with E-state index in [4.69, 9.17) is 4.52 Å². The number of aromatic nitrogens is 2. The number of nitrogens with zero attached hydrogens (tertiary/aromatic N) is 2. The zero-order chi connectivity index (χ0) is 18.0. The Kier molecular flexibility index (Phi) is 8.16. The highest BCUT2D eigenvalue weighted by atomic mass is 19.1. The lowest BCUT2D eigenvalue weighted by molar-refractivity contribution is 0.359. The quantitative estimate of drug-likeness (QED) is 0.563. The number of anilines is 1. The summed E-state index contributed by atoms with van der Waals surface area (Å²) in [4.78, 5) is 4.42. The molecule has 0 amide bonds. The molecule has 0 saturated heterocycles. The second-order valence-electron chi connectivity index (χ2n) is 6.51. The highest BCUT2D eigenvalue weighted by Crippen LogP contribution is 2.19. The second kappa shape index (κ2) is 9.85. The van der Waals surface area contributed by atoms with Gasteiger partial charge in [-0.2, -0.15) is 4.98 Å². The van der Waals surface area contributed by atoms with Crippen molar-refractivity contribution in [2.75, 3.05) is 11.9 Å². The third-order valence-electron chi connectivity index (χ3n) is 3.36. The van der Waals surface area contributed by atoms with Crippen molar-refractivity contribution < 1.29 is 8.91 Å². The lowest BCUT2D eigenvalue weighted by Crippen LogP contribution is -2.13. The predicted octanol–water partition coefficient (Wildman–Crippen LogP) is 5.13. The van der Waals surface area contributed by atoms with Gasteiger partial charge in [-0.25, -0.2) is 4.39 Å². The Morgan fingerprint density at radius 2 is 1.92 bits per heavy atom. The number of rotatable bonds is 7. The molecule has 0 aliphatic carbocycles. The minimum atomic E-state index is -0.212. The van der Waals surface area contributed by atoms with Gasteiger partial charge in [-0.15, -0.1) is 13.2 Å². The van der Waals surface area contributed by atoms with Gasteiger partial charge >= 0.3 is 0 Å². The molecule has 1 aromatic heterocycles. The number of hydrogen-bond donors (Lipinski definition) is 1. The van der Waals surface area contributed by atoms with Crippen LogP contribution in [0.4, 0.5) is 10.1 Å². The molecule has 0 bridgehead atoms. The van der Waals surface area contributed by atoms with Crippen molar-refractivity contribution in [3.05, 3.63) is 55.0 Å². The third kappa shape index (κ3) is 6.94. The van der Waals surface area contributed by atoms with Crippen LogP contribution >= 0.6 is 0 Å². The van der Waals surface area contributed by atoms with Crippen molar-refractivity contribution in [2.45, 2.75) is 51.9 Å². The van der Waals surface area contributed by atoms with Crippen molar-refractivity contribution in [1.29, 1.82) is 0 Å². The van der Waals surface area contributed by atoms with Crippen LogP contribution in [0.15, 0.2) is 41.9 Å². The number of benzene rings is 1. The van der Waals surface area contributed by atoms with Gasteiger partial charge in [0.05, 0.1) is 0 Å². The summed E-state index contributed by atoms with van der Waals surface area (Å²) < 4.78 is 18.3. The van der Waals surface area contributed by atoms with E-state index in [0.29, 0.717) is 5.89 Å². The molecule has 4 nitrogen and oxygen atoms in total. The first kappa shape index (κ1) is 19.9. The molecule has 0 fully saturated rings. The van der Waals surface area contributed by atoms with Crippen molar-refractivity contribution in [3.8, 4) is 0 Å². The number of halogens is 1. The summed E-state index contributed by atoms with van der Waals surface area (Å²) in [6, 6.07) is 6.53. The minimum absolute atomic E-state index is 0.0728. The normalized spacial score (nSPS) is 10.8. The molecule has 0 saturated carbocycles. The van der Waals surface area contributed by atoms with E-state index in [2.05, 4.69) is 49.4 Å². The molecule has 0 aliphatic heterocycles. The molecule has 1 N–H and O–H groups in total. The molecule has 0 aliphatic rings. The lowest BCUT2D eigenvalue weighted by Gasteiger charge is -2.10. The van der Waals surface area contributed by atoms with Gasteiger partial charge < -0.3 is 9.84 Å². The van der Waals surface area contributed by atoms with E-state index in [1.54, 1.807) is 6.07 Å². The standard InChI is InChI=1S/C17H24FN3O.C2H4/c1-17(2,3)16-20-15(22-21-16)10-5-4-6-11-19-14-9-7-8-13(18)12-14;1-2/h7-9,12,19H,4-6,10-11H2,1-3H3;1-2H2. The average molecular weight is 333 g/mol. The molecule has 1 aromatic carbocycles.